The summed E-state index contributed by atoms with van der Waals surface area (Å²) >= 11 is 0. The lowest BCUT2D eigenvalue weighted by Crippen LogP contribution is -1.98. The van der Waals surface area contributed by atoms with Crippen molar-refractivity contribution in [2.24, 2.45) is 0 Å². The fraction of sp³-hybridized carbons (Fsp3) is 0.429. The molecule has 2 nitrogen and oxygen atoms in total. The number of aryl methyl sites for hydroxylation is 1. The van der Waals surface area contributed by atoms with E-state index >= 15 is 0 Å². The van der Waals surface area contributed by atoms with Gasteiger partial charge in [0.2, 0.25) is 0 Å². The first kappa shape index (κ1) is 11.2. The second kappa shape index (κ2) is 5.17. The van der Waals surface area contributed by atoms with Crippen LogP contribution in [0.25, 0.3) is 10.9 Å². The smallest absolute Gasteiger partial charge is 0.0512 e. The molecule has 0 saturated carbocycles. The maximum absolute atomic E-state index is 9.18. The molecule has 0 saturated heterocycles. The lowest BCUT2D eigenvalue weighted by Gasteiger charge is -2.03. The van der Waals surface area contributed by atoms with Gasteiger partial charge in [-0.2, -0.15) is 0 Å². The van der Waals surface area contributed by atoms with Gasteiger partial charge < -0.3 is 10.1 Å². The molecule has 2 aromatic rings. The zero-order valence-electron chi connectivity index (χ0n) is 9.74. The van der Waals surface area contributed by atoms with E-state index in [4.69, 9.17) is 0 Å². The summed E-state index contributed by atoms with van der Waals surface area (Å²) in [6.45, 7) is 1.85. The maximum atomic E-state index is 9.18. The third-order valence-electron chi connectivity index (χ3n) is 2.99. The number of aromatic amines is 1. The Labute approximate surface area is 96.3 Å². The number of nitrogens with one attached hydrogen (secondary N) is 1. The number of aliphatic hydroxyl groups excluding tert-OH is 1. The van der Waals surface area contributed by atoms with Gasteiger partial charge in [0.15, 0.2) is 0 Å². The number of unbranched alkanes of at least 4 members (excludes halogenated alkanes) is 1. The molecule has 1 unspecified atom stereocenters. The molecule has 16 heavy (non-hydrogen) atoms. The summed E-state index contributed by atoms with van der Waals surface area (Å²) < 4.78 is 0. The zero-order chi connectivity index (χ0) is 11.4. The molecule has 1 aromatic carbocycles. The van der Waals surface area contributed by atoms with E-state index in [-0.39, 0.29) is 6.10 Å². The number of aromatic nitrogens is 1. The molecule has 0 radical (unpaired) electrons. The Morgan fingerprint density at radius 3 is 2.88 bits per heavy atom. The maximum Gasteiger partial charge on any atom is 0.0512 e. The van der Waals surface area contributed by atoms with E-state index in [1.165, 1.54) is 16.5 Å². The Morgan fingerprint density at radius 2 is 2.06 bits per heavy atom. The van der Waals surface area contributed by atoms with Crippen LogP contribution in [0.2, 0.25) is 0 Å². The Morgan fingerprint density at radius 1 is 1.25 bits per heavy atom. The van der Waals surface area contributed by atoms with Crippen molar-refractivity contribution in [3.63, 3.8) is 0 Å². The first-order valence-corrected chi connectivity index (χ1v) is 6.00. The summed E-state index contributed by atoms with van der Waals surface area (Å²) in [4.78, 5) is 3.29. The van der Waals surface area contributed by atoms with Crippen LogP contribution in [0.15, 0.2) is 30.5 Å². The highest BCUT2D eigenvalue weighted by molar-refractivity contribution is 5.82. The minimum absolute atomic E-state index is 0.164. The van der Waals surface area contributed by atoms with Crippen LogP contribution in [0, 0.1) is 0 Å². The fourth-order valence-electron chi connectivity index (χ4n) is 2.09. The van der Waals surface area contributed by atoms with Gasteiger partial charge in [-0.05, 0) is 37.8 Å². The zero-order valence-corrected chi connectivity index (χ0v) is 9.74. The average Bonchev–Trinajstić information content (AvgIpc) is 2.68. The summed E-state index contributed by atoms with van der Waals surface area (Å²) in [5.41, 5.74) is 2.61. The second-order valence-electron chi connectivity index (χ2n) is 4.45. The predicted molar refractivity (Wildman–Crippen MR) is 67.5 cm³/mol. The third-order valence-corrected chi connectivity index (χ3v) is 2.99. The van der Waals surface area contributed by atoms with Crippen LogP contribution in [-0.4, -0.2) is 16.2 Å². The van der Waals surface area contributed by atoms with Crippen molar-refractivity contribution < 1.29 is 5.11 Å². The van der Waals surface area contributed by atoms with Gasteiger partial charge in [0.25, 0.3) is 0 Å². The number of hydrogen-bond donors (Lipinski definition) is 2. The van der Waals surface area contributed by atoms with E-state index in [0.29, 0.717) is 0 Å². The molecule has 0 aliphatic heterocycles. The SMILES string of the molecule is CC(O)CCCCc1c[nH]c2ccccc12. The van der Waals surface area contributed by atoms with Crippen molar-refractivity contribution >= 4 is 10.9 Å². The topological polar surface area (TPSA) is 36.0 Å². The number of rotatable bonds is 5. The molecule has 0 aliphatic carbocycles. The monoisotopic (exact) mass is 217 g/mol. The highest BCUT2D eigenvalue weighted by Gasteiger charge is 2.02. The van der Waals surface area contributed by atoms with Crippen LogP contribution >= 0.6 is 0 Å². The summed E-state index contributed by atoms with van der Waals surface area (Å²) in [7, 11) is 0. The number of aliphatic hydroxyl groups is 1. The molecule has 0 fully saturated rings. The van der Waals surface area contributed by atoms with Gasteiger partial charge in [-0.1, -0.05) is 24.6 Å². The molecule has 1 aromatic heterocycles. The lowest BCUT2D eigenvalue weighted by atomic mass is 10.1. The number of hydrogen-bond acceptors (Lipinski definition) is 1. The van der Waals surface area contributed by atoms with Crippen LogP contribution in [-0.2, 0) is 6.42 Å². The minimum atomic E-state index is -0.164. The van der Waals surface area contributed by atoms with Crippen LogP contribution in [0.3, 0.4) is 0 Å². The molecule has 86 valence electrons. The van der Waals surface area contributed by atoms with E-state index in [9.17, 15) is 5.11 Å². The minimum Gasteiger partial charge on any atom is -0.393 e. The number of para-hydroxylation sites is 1. The van der Waals surface area contributed by atoms with E-state index < -0.39 is 0 Å². The molecule has 1 heterocycles. The first-order chi connectivity index (χ1) is 7.77. The number of fused-ring (bicyclic) bond motifs is 1. The van der Waals surface area contributed by atoms with Gasteiger partial charge >= 0.3 is 0 Å². The summed E-state index contributed by atoms with van der Waals surface area (Å²) in [5, 5.41) is 10.5. The van der Waals surface area contributed by atoms with Crippen molar-refractivity contribution in [1.29, 1.82) is 0 Å². The average molecular weight is 217 g/mol. The van der Waals surface area contributed by atoms with E-state index in [2.05, 4.69) is 35.4 Å². The van der Waals surface area contributed by atoms with Crippen molar-refractivity contribution in [2.45, 2.75) is 38.7 Å². The Bertz CT molecular complexity index is 445. The van der Waals surface area contributed by atoms with E-state index in [0.717, 1.165) is 25.7 Å². The molecule has 0 amide bonds. The summed E-state index contributed by atoms with van der Waals surface area (Å²) in [6, 6.07) is 8.40. The standard InChI is InChI=1S/C14H19NO/c1-11(16)6-2-3-7-12-10-15-14-9-5-4-8-13(12)14/h4-5,8-11,15-16H,2-3,6-7H2,1H3. The van der Waals surface area contributed by atoms with Crippen molar-refractivity contribution in [2.75, 3.05) is 0 Å². The molecule has 2 heteroatoms. The van der Waals surface area contributed by atoms with Crippen molar-refractivity contribution in [3.05, 3.63) is 36.0 Å². The summed E-state index contributed by atoms with van der Waals surface area (Å²) in [5.74, 6) is 0. The Hall–Kier alpha value is -1.28. The van der Waals surface area contributed by atoms with Crippen LogP contribution in [0.1, 0.15) is 31.7 Å². The molecule has 2 rings (SSSR count). The molecular weight excluding hydrogens is 198 g/mol. The van der Waals surface area contributed by atoms with Gasteiger partial charge in [0, 0.05) is 17.1 Å². The van der Waals surface area contributed by atoms with Gasteiger partial charge in [0.1, 0.15) is 0 Å². The molecule has 2 N–H and O–H groups in total. The van der Waals surface area contributed by atoms with Gasteiger partial charge in [0.05, 0.1) is 6.10 Å². The molecular formula is C14H19NO. The van der Waals surface area contributed by atoms with Crippen LogP contribution in [0.4, 0.5) is 0 Å². The van der Waals surface area contributed by atoms with E-state index in [1.807, 2.05) is 6.92 Å². The van der Waals surface area contributed by atoms with E-state index in [1.54, 1.807) is 0 Å². The Kier molecular flexibility index (Phi) is 3.62. The number of benzene rings is 1. The highest BCUT2D eigenvalue weighted by Crippen LogP contribution is 2.19. The first-order valence-electron chi connectivity index (χ1n) is 6.00. The molecule has 0 bridgehead atoms. The van der Waals surface area contributed by atoms with Gasteiger partial charge in [-0.15, -0.1) is 0 Å². The van der Waals surface area contributed by atoms with Crippen LogP contribution < -0.4 is 0 Å². The number of H-pyrrole nitrogens is 1. The van der Waals surface area contributed by atoms with Gasteiger partial charge in [-0.3, -0.25) is 0 Å². The largest absolute Gasteiger partial charge is 0.393 e. The summed E-state index contributed by atoms with van der Waals surface area (Å²) in [6.07, 6.45) is 6.18. The Balaban J connectivity index is 1.94. The normalized spacial score (nSPS) is 13.1. The molecule has 1 atom stereocenters. The fourth-order valence-corrected chi connectivity index (χ4v) is 2.09. The second-order valence-corrected chi connectivity index (χ2v) is 4.45. The van der Waals surface area contributed by atoms with Crippen molar-refractivity contribution in [3.8, 4) is 0 Å². The van der Waals surface area contributed by atoms with Crippen LogP contribution in [0.5, 0.6) is 0 Å². The highest BCUT2D eigenvalue weighted by atomic mass is 16.3. The predicted octanol–water partition coefficient (Wildman–Crippen LogP) is 3.26. The quantitative estimate of drug-likeness (QED) is 0.741. The van der Waals surface area contributed by atoms with Gasteiger partial charge in [-0.25, -0.2) is 0 Å². The lowest BCUT2D eigenvalue weighted by molar-refractivity contribution is 0.180. The molecule has 0 spiro atoms. The van der Waals surface area contributed by atoms with Crippen molar-refractivity contribution in [1.82, 2.24) is 4.98 Å². The third kappa shape index (κ3) is 2.64. The molecule has 0 aliphatic rings.